The summed E-state index contributed by atoms with van der Waals surface area (Å²) in [6.45, 7) is 0. The molecule has 4 aromatic heterocycles. The second kappa shape index (κ2) is 6.68. The maximum Gasteiger partial charge on any atom is 0.251 e. The number of pyridine rings is 1. The molecule has 2 N–H and O–H groups in total. The Labute approximate surface area is 169 Å². The van der Waals surface area contributed by atoms with Gasteiger partial charge in [-0.1, -0.05) is 11.6 Å². The number of imidazole rings is 1. The van der Waals surface area contributed by atoms with Crippen LogP contribution in [-0.2, 0) is 6.42 Å². The number of fused-ring (bicyclic) bond motifs is 2. The molecule has 0 aliphatic carbocycles. The third-order valence-electron chi connectivity index (χ3n) is 4.43. The first kappa shape index (κ1) is 17.3. The van der Waals surface area contributed by atoms with Crippen LogP contribution in [0.25, 0.3) is 28.3 Å². The number of carbonyl (C=O) groups is 1. The lowest BCUT2D eigenvalue weighted by Crippen LogP contribution is -2.12. The summed E-state index contributed by atoms with van der Waals surface area (Å²) in [5.74, 6) is 0.442. The van der Waals surface area contributed by atoms with Gasteiger partial charge in [0.15, 0.2) is 5.58 Å². The molecule has 1 amide bonds. The molecule has 5 rings (SSSR count). The number of hydrogen-bond donors (Lipinski definition) is 1. The fraction of sp³-hybridized carbons (Fsp3) is 0.0500. The zero-order valence-corrected chi connectivity index (χ0v) is 15.7. The fourth-order valence-electron chi connectivity index (χ4n) is 3.01. The van der Waals surface area contributed by atoms with Gasteiger partial charge < -0.3 is 10.2 Å². The molecule has 0 aliphatic heterocycles. The van der Waals surface area contributed by atoms with Crippen molar-refractivity contribution in [1.82, 2.24) is 24.3 Å². The molecule has 0 radical (unpaired) electrons. The van der Waals surface area contributed by atoms with Gasteiger partial charge in [0, 0.05) is 48.0 Å². The highest BCUT2D eigenvalue weighted by Crippen LogP contribution is 2.26. The first-order valence-electron chi connectivity index (χ1n) is 8.70. The smallest absolute Gasteiger partial charge is 0.251 e. The van der Waals surface area contributed by atoms with Crippen LogP contribution in [-0.4, -0.2) is 30.2 Å². The summed E-state index contributed by atoms with van der Waals surface area (Å²) in [5, 5.41) is 0.596. The summed E-state index contributed by atoms with van der Waals surface area (Å²) in [5.41, 5.74) is 9.34. The van der Waals surface area contributed by atoms with Gasteiger partial charge in [0.05, 0.1) is 16.8 Å². The minimum Gasteiger partial charge on any atom is -0.436 e. The third kappa shape index (κ3) is 3.30. The number of nitrogens with two attached hydrogens (primary N) is 1. The van der Waals surface area contributed by atoms with Gasteiger partial charge in [-0.2, -0.15) is 0 Å². The number of rotatable bonds is 4. The molecule has 0 bridgehead atoms. The van der Waals surface area contributed by atoms with Gasteiger partial charge in [0.1, 0.15) is 5.52 Å². The van der Waals surface area contributed by atoms with Crippen molar-refractivity contribution in [3.63, 3.8) is 0 Å². The maximum absolute atomic E-state index is 11.3. The van der Waals surface area contributed by atoms with Crippen molar-refractivity contribution in [3.8, 4) is 11.5 Å². The van der Waals surface area contributed by atoms with Gasteiger partial charge in [0.2, 0.25) is 11.7 Å². The van der Waals surface area contributed by atoms with Crippen molar-refractivity contribution in [1.29, 1.82) is 0 Å². The van der Waals surface area contributed by atoms with Crippen molar-refractivity contribution >= 4 is 34.4 Å². The number of amides is 1. The Hall–Kier alpha value is -3.78. The van der Waals surface area contributed by atoms with Crippen molar-refractivity contribution < 1.29 is 9.21 Å². The first-order valence-corrected chi connectivity index (χ1v) is 9.08. The lowest BCUT2D eigenvalue weighted by Gasteiger charge is -1.99. The van der Waals surface area contributed by atoms with Crippen LogP contribution in [0.4, 0.5) is 0 Å². The van der Waals surface area contributed by atoms with Gasteiger partial charge in [-0.3, -0.25) is 14.2 Å². The molecule has 4 heterocycles. The van der Waals surface area contributed by atoms with Gasteiger partial charge >= 0.3 is 0 Å². The monoisotopic (exact) mass is 404 g/mol. The minimum atomic E-state index is -0.534. The van der Waals surface area contributed by atoms with Crippen LogP contribution >= 0.6 is 11.6 Å². The number of benzene rings is 1. The molecule has 0 fully saturated rings. The number of primary amides is 1. The second-order valence-corrected chi connectivity index (χ2v) is 6.93. The predicted octanol–water partition coefficient (Wildman–Crippen LogP) is 3.28. The molecule has 0 unspecified atom stereocenters. The van der Waals surface area contributed by atoms with Crippen molar-refractivity contribution in [2.75, 3.05) is 0 Å². The number of oxazole rings is 1. The van der Waals surface area contributed by atoms with Gasteiger partial charge in [-0.05, 0) is 24.3 Å². The van der Waals surface area contributed by atoms with E-state index in [9.17, 15) is 4.79 Å². The topological polar surface area (TPSA) is 112 Å². The van der Waals surface area contributed by atoms with Crippen LogP contribution in [0.5, 0.6) is 0 Å². The van der Waals surface area contributed by atoms with Crippen LogP contribution in [0.15, 0.2) is 59.5 Å². The fourth-order valence-corrected chi connectivity index (χ4v) is 3.17. The van der Waals surface area contributed by atoms with Crippen LogP contribution in [0.2, 0.25) is 5.02 Å². The highest BCUT2D eigenvalue weighted by Gasteiger charge is 2.11. The Bertz CT molecular complexity index is 1370. The Morgan fingerprint density at radius 2 is 1.97 bits per heavy atom. The van der Waals surface area contributed by atoms with E-state index in [0.29, 0.717) is 34.3 Å². The quantitative estimate of drug-likeness (QED) is 0.492. The lowest BCUT2D eigenvalue weighted by atomic mass is 10.2. The standard InChI is InChI=1S/C20H13ClN6O2/c21-13-2-4-16-17(5-13)29-19(26-16)11-1-3-14(23-7-11)6-15-10-27-9-12(18(22)28)8-24-20(27)25-15/h1-5,7-10H,6H2,(H2,22,28). The molecular weight excluding hydrogens is 392 g/mol. The predicted molar refractivity (Wildman–Crippen MR) is 107 cm³/mol. The molecule has 0 spiro atoms. The summed E-state index contributed by atoms with van der Waals surface area (Å²) in [6, 6.07) is 9.11. The highest BCUT2D eigenvalue weighted by molar-refractivity contribution is 6.31. The van der Waals surface area contributed by atoms with Crippen molar-refractivity contribution in [2.24, 2.45) is 5.73 Å². The molecule has 0 atom stereocenters. The van der Waals surface area contributed by atoms with E-state index in [1.807, 2.05) is 18.2 Å². The number of carbonyl (C=O) groups excluding carboxylic acids is 1. The zero-order chi connectivity index (χ0) is 20.0. The van der Waals surface area contributed by atoms with E-state index in [2.05, 4.69) is 19.9 Å². The average Bonchev–Trinajstić information content (AvgIpc) is 3.30. The summed E-state index contributed by atoms with van der Waals surface area (Å²) in [4.78, 5) is 28.8. The number of nitrogens with zero attached hydrogens (tertiary/aromatic N) is 5. The Balaban J connectivity index is 1.39. The van der Waals surface area contributed by atoms with E-state index in [1.165, 1.54) is 6.20 Å². The number of hydrogen-bond acceptors (Lipinski definition) is 6. The molecule has 8 nitrogen and oxygen atoms in total. The van der Waals surface area contributed by atoms with Gasteiger partial charge in [-0.15, -0.1) is 0 Å². The van der Waals surface area contributed by atoms with E-state index < -0.39 is 5.91 Å². The zero-order valence-electron chi connectivity index (χ0n) is 14.9. The highest BCUT2D eigenvalue weighted by atomic mass is 35.5. The summed E-state index contributed by atoms with van der Waals surface area (Å²) < 4.78 is 7.44. The number of aromatic nitrogens is 5. The maximum atomic E-state index is 11.3. The third-order valence-corrected chi connectivity index (χ3v) is 4.66. The Kier molecular flexibility index (Phi) is 3.99. The molecule has 0 aliphatic rings. The number of halogens is 1. The molecule has 142 valence electrons. The van der Waals surface area contributed by atoms with Crippen LogP contribution in [0, 0.1) is 0 Å². The Morgan fingerprint density at radius 1 is 1.07 bits per heavy atom. The molecule has 0 saturated heterocycles. The van der Waals surface area contributed by atoms with E-state index in [1.54, 1.807) is 35.1 Å². The molecule has 5 aromatic rings. The molecule has 9 heteroatoms. The van der Waals surface area contributed by atoms with Gasteiger partial charge in [-0.25, -0.2) is 15.0 Å². The SMILES string of the molecule is NC(=O)c1cnc2nc(Cc3ccc(-c4nc5ccc(Cl)cc5o4)cn3)cn2c1. The first-order chi connectivity index (χ1) is 14.0. The van der Waals surface area contributed by atoms with E-state index in [-0.39, 0.29) is 0 Å². The Morgan fingerprint density at radius 3 is 2.76 bits per heavy atom. The summed E-state index contributed by atoms with van der Waals surface area (Å²) in [6.07, 6.45) is 7.04. The normalized spacial score (nSPS) is 11.3. The molecule has 1 aromatic carbocycles. The van der Waals surface area contributed by atoms with E-state index in [0.717, 1.165) is 22.5 Å². The van der Waals surface area contributed by atoms with Crippen LogP contribution in [0.1, 0.15) is 21.7 Å². The lowest BCUT2D eigenvalue weighted by molar-refractivity contribution is 0.0999. The second-order valence-electron chi connectivity index (χ2n) is 6.49. The van der Waals surface area contributed by atoms with E-state index >= 15 is 0 Å². The summed E-state index contributed by atoms with van der Waals surface area (Å²) in [7, 11) is 0. The molecule has 0 saturated carbocycles. The molecular formula is C20H13ClN6O2. The van der Waals surface area contributed by atoms with Crippen molar-refractivity contribution in [2.45, 2.75) is 6.42 Å². The van der Waals surface area contributed by atoms with Crippen LogP contribution < -0.4 is 5.73 Å². The van der Waals surface area contributed by atoms with Gasteiger partial charge in [0.25, 0.3) is 5.91 Å². The largest absolute Gasteiger partial charge is 0.436 e. The van der Waals surface area contributed by atoms with Crippen LogP contribution in [0.3, 0.4) is 0 Å². The average molecular weight is 405 g/mol. The molecule has 29 heavy (non-hydrogen) atoms. The van der Waals surface area contributed by atoms with E-state index in [4.69, 9.17) is 21.8 Å². The summed E-state index contributed by atoms with van der Waals surface area (Å²) >= 11 is 5.99. The minimum absolute atomic E-state index is 0.323. The van der Waals surface area contributed by atoms with Crippen molar-refractivity contribution in [3.05, 3.63) is 77.1 Å².